The highest BCUT2D eigenvalue weighted by molar-refractivity contribution is 6.34. The van der Waals surface area contributed by atoms with E-state index in [4.69, 9.17) is 22.1 Å². The van der Waals surface area contributed by atoms with Gasteiger partial charge in [-0.3, -0.25) is 10.2 Å². The van der Waals surface area contributed by atoms with E-state index in [-0.39, 0.29) is 12.5 Å². The number of hydrazine groups is 1. The van der Waals surface area contributed by atoms with Gasteiger partial charge in [0.25, 0.3) is 5.91 Å². The van der Waals surface area contributed by atoms with Crippen molar-refractivity contribution in [2.75, 3.05) is 40.4 Å². The third-order valence-corrected chi connectivity index (χ3v) is 5.40. The Balaban J connectivity index is 1.55. The van der Waals surface area contributed by atoms with E-state index in [2.05, 4.69) is 10.7 Å². The number of nitrogens with zero attached hydrogens (tertiary/aromatic N) is 2. The number of nitrogens with two attached hydrogens (primary N) is 1. The van der Waals surface area contributed by atoms with Crippen molar-refractivity contribution in [1.82, 2.24) is 0 Å². The average molecular weight is 466 g/mol. The molecule has 0 spiro atoms. The molecule has 1 fully saturated rings. The van der Waals surface area contributed by atoms with Crippen molar-refractivity contribution in [2.45, 2.75) is 6.54 Å². The summed E-state index contributed by atoms with van der Waals surface area (Å²) in [6.45, 7) is 1.29. The number of nitrogens with one attached hydrogen (secondary N) is 2. The largest absolute Gasteiger partial charge is 0.370 e. The lowest BCUT2D eigenvalue weighted by Crippen LogP contribution is -2.41. The molecule has 0 aromatic heterocycles. The van der Waals surface area contributed by atoms with Gasteiger partial charge >= 0.3 is 6.03 Å². The summed E-state index contributed by atoms with van der Waals surface area (Å²) in [7, 11) is 0. The van der Waals surface area contributed by atoms with Gasteiger partial charge in [0.15, 0.2) is 0 Å². The van der Waals surface area contributed by atoms with Crippen molar-refractivity contribution in [2.24, 2.45) is 5.73 Å². The Hall–Kier alpha value is -3.59. The maximum Gasteiger partial charge on any atom is 0.345 e. The first-order chi connectivity index (χ1) is 16.0. The molecular weight excluding hydrogens is 442 g/mol. The quantitative estimate of drug-likeness (QED) is 0.473. The van der Waals surface area contributed by atoms with Gasteiger partial charge < -0.3 is 20.7 Å². The number of rotatable bonds is 6. The maximum atomic E-state index is 13.2. The number of anilines is 4. The summed E-state index contributed by atoms with van der Waals surface area (Å²) >= 11 is 6.44. The molecule has 0 bridgehead atoms. The fourth-order valence-electron chi connectivity index (χ4n) is 3.46. The monoisotopic (exact) mass is 465 g/mol. The van der Waals surface area contributed by atoms with E-state index in [1.807, 2.05) is 54.6 Å². The molecule has 8 nitrogen and oxygen atoms in total. The Morgan fingerprint density at radius 1 is 1.06 bits per heavy atom. The Bertz CT molecular complexity index is 1140. The number of hydrogen-bond donors (Lipinski definition) is 3. The van der Waals surface area contributed by atoms with Crippen LogP contribution in [0.5, 0.6) is 0 Å². The lowest BCUT2D eigenvalue weighted by Gasteiger charge is -2.28. The number of carbonyl (C=O) groups is 2. The number of urea groups is 1. The van der Waals surface area contributed by atoms with Crippen LogP contribution in [0, 0.1) is 0 Å². The minimum Gasteiger partial charge on any atom is -0.370 e. The highest BCUT2D eigenvalue weighted by Crippen LogP contribution is 2.30. The molecule has 0 aliphatic carbocycles. The van der Waals surface area contributed by atoms with Gasteiger partial charge in [0.2, 0.25) is 0 Å². The van der Waals surface area contributed by atoms with Crippen molar-refractivity contribution < 1.29 is 14.3 Å². The smallest absolute Gasteiger partial charge is 0.345 e. The van der Waals surface area contributed by atoms with Crippen LogP contribution in [-0.4, -0.2) is 31.7 Å². The van der Waals surface area contributed by atoms with E-state index in [1.165, 1.54) is 5.01 Å². The zero-order chi connectivity index (χ0) is 23.2. The molecule has 4 rings (SSSR count). The van der Waals surface area contributed by atoms with Crippen LogP contribution in [0.4, 0.5) is 27.5 Å². The predicted octanol–water partition coefficient (Wildman–Crippen LogP) is 4.23. The van der Waals surface area contributed by atoms with E-state index in [1.54, 1.807) is 23.1 Å². The maximum absolute atomic E-state index is 13.2. The van der Waals surface area contributed by atoms with Crippen molar-refractivity contribution in [1.29, 1.82) is 0 Å². The number of carbonyl (C=O) groups excluding carboxylic acids is 2. The second-order valence-electron chi connectivity index (χ2n) is 7.38. The number of morpholine rings is 1. The molecular formula is C24H24ClN5O3. The fraction of sp³-hybridized carbons (Fsp3) is 0.167. The van der Waals surface area contributed by atoms with E-state index in [0.29, 0.717) is 41.8 Å². The lowest BCUT2D eigenvalue weighted by molar-refractivity contribution is -0.125. The number of ether oxygens (including phenoxy) is 1. The summed E-state index contributed by atoms with van der Waals surface area (Å²) in [5.41, 5.74) is 12.3. The fourth-order valence-corrected chi connectivity index (χ4v) is 3.74. The SMILES string of the molecule is NCc1cccc(NN(C(=O)Nc2ccc(N3CCOCC3=O)c(Cl)c2)c2ccccc2)c1. The molecule has 3 aromatic rings. The number of hydrogen-bond acceptors (Lipinski definition) is 5. The third-order valence-electron chi connectivity index (χ3n) is 5.10. The van der Waals surface area contributed by atoms with Crippen LogP contribution >= 0.6 is 11.6 Å². The predicted molar refractivity (Wildman–Crippen MR) is 131 cm³/mol. The molecule has 9 heteroatoms. The number of halogens is 1. The Kier molecular flexibility index (Phi) is 7.09. The first-order valence-corrected chi connectivity index (χ1v) is 10.8. The van der Waals surface area contributed by atoms with E-state index in [9.17, 15) is 9.59 Å². The molecule has 0 radical (unpaired) electrons. The van der Waals surface area contributed by atoms with Crippen LogP contribution in [0.25, 0.3) is 0 Å². The van der Waals surface area contributed by atoms with Gasteiger partial charge in [-0.25, -0.2) is 9.80 Å². The highest BCUT2D eigenvalue weighted by Gasteiger charge is 2.23. The summed E-state index contributed by atoms with van der Waals surface area (Å²) in [5.74, 6) is -0.154. The zero-order valence-electron chi connectivity index (χ0n) is 17.8. The molecule has 1 saturated heterocycles. The van der Waals surface area contributed by atoms with Gasteiger partial charge in [-0.2, -0.15) is 0 Å². The third kappa shape index (κ3) is 5.43. The molecule has 1 aliphatic rings. The first-order valence-electron chi connectivity index (χ1n) is 10.4. The molecule has 170 valence electrons. The minimum atomic E-state index is -0.411. The summed E-state index contributed by atoms with van der Waals surface area (Å²) in [6.07, 6.45) is 0. The second-order valence-corrected chi connectivity index (χ2v) is 7.79. The van der Waals surface area contributed by atoms with Gasteiger partial charge in [0, 0.05) is 18.8 Å². The topological polar surface area (TPSA) is 99.9 Å². The summed E-state index contributed by atoms with van der Waals surface area (Å²) in [4.78, 5) is 26.9. The lowest BCUT2D eigenvalue weighted by atomic mass is 10.2. The average Bonchev–Trinajstić information content (AvgIpc) is 2.84. The van der Waals surface area contributed by atoms with Gasteiger partial charge in [-0.15, -0.1) is 0 Å². The van der Waals surface area contributed by atoms with E-state index < -0.39 is 6.03 Å². The molecule has 3 amide bonds. The molecule has 0 saturated carbocycles. The standard InChI is InChI=1S/C24H24ClN5O3/c25-21-14-18(9-10-22(21)29-11-12-33-16-23(29)31)27-24(32)30(20-7-2-1-3-8-20)28-19-6-4-5-17(13-19)15-26/h1-10,13-14,28H,11-12,15-16,26H2,(H,27,32). The highest BCUT2D eigenvalue weighted by atomic mass is 35.5. The van der Waals surface area contributed by atoms with Crippen LogP contribution < -0.4 is 26.4 Å². The molecule has 33 heavy (non-hydrogen) atoms. The number of para-hydroxylation sites is 1. The molecule has 3 aromatic carbocycles. The summed E-state index contributed by atoms with van der Waals surface area (Å²) in [5, 5.41) is 4.62. The zero-order valence-corrected chi connectivity index (χ0v) is 18.6. The molecule has 0 unspecified atom stereocenters. The van der Waals surface area contributed by atoms with Crippen LogP contribution in [0.3, 0.4) is 0 Å². The van der Waals surface area contributed by atoms with Gasteiger partial charge in [-0.1, -0.05) is 41.9 Å². The first kappa shape index (κ1) is 22.6. The molecule has 0 atom stereocenters. The van der Waals surface area contributed by atoms with Crippen molar-refractivity contribution in [3.8, 4) is 0 Å². The second kappa shape index (κ2) is 10.4. The van der Waals surface area contributed by atoms with Gasteiger partial charge in [0.05, 0.1) is 28.7 Å². The normalized spacial score (nSPS) is 13.5. The Morgan fingerprint density at radius 2 is 1.88 bits per heavy atom. The molecule has 1 aliphatic heterocycles. The van der Waals surface area contributed by atoms with Crippen LogP contribution in [-0.2, 0) is 16.1 Å². The number of benzene rings is 3. The summed E-state index contributed by atoms with van der Waals surface area (Å²) in [6, 6.07) is 21.4. The molecule has 1 heterocycles. The van der Waals surface area contributed by atoms with Crippen molar-refractivity contribution in [3.63, 3.8) is 0 Å². The van der Waals surface area contributed by atoms with E-state index >= 15 is 0 Å². The van der Waals surface area contributed by atoms with Crippen molar-refractivity contribution >= 4 is 46.3 Å². The Labute approximate surface area is 196 Å². The molecule has 4 N–H and O–H groups in total. The van der Waals surface area contributed by atoms with Gasteiger partial charge in [-0.05, 0) is 48.0 Å². The summed E-state index contributed by atoms with van der Waals surface area (Å²) < 4.78 is 5.17. The van der Waals surface area contributed by atoms with Crippen LogP contribution in [0.1, 0.15) is 5.56 Å². The Morgan fingerprint density at radius 3 is 2.61 bits per heavy atom. The van der Waals surface area contributed by atoms with Crippen LogP contribution in [0.2, 0.25) is 5.02 Å². The van der Waals surface area contributed by atoms with Gasteiger partial charge in [0.1, 0.15) is 6.61 Å². The van der Waals surface area contributed by atoms with Crippen molar-refractivity contribution in [3.05, 3.63) is 83.4 Å². The van der Waals surface area contributed by atoms with E-state index in [0.717, 1.165) is 11.3 Å². The number of amides is 3. The van der Waals surface area contributed by atoms with Crippen LogP contribution in [0.15, 0.2) is 72.8 Å². The minimum absolute atomic E-state index is 0.0257.